The van der Waals surface area contributed by atoms with Crippen LogP contribution in [-0.4, -0.2) is 20.9 Å². The van der Waals surface area contributed by atoms with Gasteiger partial charge in [-0.05, 0) is 24.6 Å². The summed E-state index contributed by atoms with van der Waals surface area (Å²) in [4.78, 5) is 33.7. The Bertz CT molecular complexity index is 1190. The minimum Gasteiger partial charge on any atom is -0.352 e. The van der Waals surface area contributed by atoms with Gasteiger partial charge < -0.3 is 10.3 Å². The molecule has 0 atom stereocenters. The summed E-state index contributed by atoms with van der Waals surface area (Å²) in [6.45, 7) is 1.74. The average Bonchev–Trinajstić information content (AvgIpc) is 2.72. The monoisotopic (exact) mass is 468 g/mol. The molecule has 0 aliphatic rings. The number of hydrogen-bond acceptors (Lipinski definition) is 4. The number of aromatic nitrogens is 3. The number of H-pyrrole nitrogens is 1. The van der Waals surface area contributed by atoms with E-state index in [4.69, 9.17) is 11.6 Å². The lowest BCUT2D eigenvalue weighted by Gasteiger charge is -2.12. The van der Waals surface area contributed by atoms with Crippen LogP contribution in [-0.2, 0) is 17.5 Å². The van der Waals surface area contributed by atoms with Gasteiger partial charge >= 0.3 is 6.18 Å². The van der Waals surface area contributed by atoms with Gasteiger partial charge in [0.25, 0.3) is 5.56 Å². The van der Waals surface area contributed by atoms with Crippen LogP contribution in [0.15, 0.2) is 41.3 Å². The number of alkyl halides is 3. The second-order valence-electron chi connectivity index (χ2n) is 6.83. The van der Waals surface area contributed by atoms with Gasteiger partial charge in [0.2, 0.25) is 5.91 Å². The number of pyridine rings is 1. The van der Waals surface area contributed by atoms with Crippen molar-refractivity contribution in [1.29, 1.82) is 0 Å². The molecule has 0 spiro atoms. The topological polar surface area (TPSA) is 87.7 Å². The van der Waals surface area contributed by atoms with Crippen LogP contribution in [0.1, 0.15) is 31.0 Å². The van der Waals surface area contributed by atoms with Crippen molar-refractivity contribution in [3.8, 4) is 22.6 Å². The highest BCUT2D eigenvalue weighted by atomic mass is 35.5. The third-order valence-electron chi connectivity index (χ3n) is 4.45. The molecular weight excluding hydrogens is 452 g/mol. The summed E-state index contributed by atoms with van der Waals surface area (Å²) in [5.41, 5.74) is -1.72. The number of nitrogens with one attached hydrogen (secondary N) is 2. The predicted octanol–water partition coefficient (Wildman–Crippen LogP) is 4.73. The smallest absolute Gasteiger partial charge is 0.352 e. The van der Waals surface area contributed by atoms with Crippen LogP contribution in [0.2, 0.25) is 5.02 Å². The molecule has 0 bridgehead atoms. The van der Waals surface area contributed by atoms with Crippen LogP contribution in [0, 0.1) is 5.82 Å². The fourth-order valence-electron chi connectivity index (χ4n) is 2.90. The zero-order valence-electron chi connectivity index (χ0n) is 16.7. The van der Waals surface area contributed by atoms with Gasteiger partial charge in [-0.3, -0.25) is 14.6 Å². The van der Waals surface area contributed by atoms with Gasteiger partial charge in [0.15, 0.2) is 0 Å². The maximum Gasteiger partial charge on any atom is 0.433 e. The highest BCUT2D eigenvalue weighted by Gasteiger charge is 2.32. The lowest BCUT2D eigenvalue weighted by atomic mass is 10.1. The van der Waals surface area contributed by atoms with E-state index in [1.54, 1.807) is 0 Å². The summed E-state index contributed by atoms with van der Waals surface area (Å²) in [5, 5.41) is 2.55. The minimum atomic E-state index is -4.62. The predicted molar refractivity (Wildman–Crippen MR) is 110 cm³/mol. The molecule has 0 aliphatic heterocycles. The van der Waals surface area contributed by atoms with Gasteiger partial charge in [0.05, 0.1) is 16.3 Å². The molecule has 1 amide bonds. The summed E-state index contributed by atoms with van der Waals surface area (Å²) in [6, 6.07) is 5.71. The Kier molecular flexibility index (Phi) is 6.93. The van der Waals surface area contributed by atoms with E-state index in [0.717, 1.165) is 24.4 Å². The Morgan fingerprint density at radius 2 is 1.97 bits per heavy atom. The van der Waals surface area contributed by atoms with Crippen molar-refractivity contribution in [2.45, 2.75) is 32.5 Å². The number of rotatable bonds is 6. The molecule has 0 aliphatic carbocycles. The molecule has 3 aromatic rings. The normalized spacial score (nSPS) is 11.4. The molecule has 0 saturated heterocycles. The van der Waals surface area contributed by atoms with E-state index in [2.05, 4.69) is 20.3 Å². The summed E-state index contributed by atoms with van der Waals surface area (Å²) in [7, 11) is 0. The second-order valence-corrected chi connectivity index (χ2v) is 7.24. The zero-order valence-corrected chi connectivity index (χ0v) is 17.4. The fraction of sp³-hybridized carbons (Fsp3) is 0.238. The standard InChI is InChI=1S/C21H17ClF4N4O2/c1-2-3-16(31)28-10-12-4-6-13(22)18(19(12)23)20-29-14(8-17(32)30-20)11-5-7-15(27-9-11)21(24,25)26/h4-9H,2-3,10H2,1H3,(H,28,31)(H,29,30,32). The van der Waals surface area contributed by atoms with Gasteiger partial charge in [-0.2, -0.15) is 13.2 Å². The number of halogens is 5. The number of hydrogen-bond donors (Lipinski definition) is 2. The van der Waals surface area contributed by atoms with E-state index in [9.17, 15) is 22.8 Å². The molecule has 2 aromatic heterocycles. The largest absolute Gasteiger partial charge is 0.433 e. The molecule has 32 heavy (non-hydrogen) atoms. The van der Waals surface area contributed by atoms with Crippen molar-refractivity contribution in [3.05, 3.63) is 69.0 Å². The maximum atomic E-state index is 15.2. The van der Waals surface area contributed by atoms with Gasteiger partial charge in [-0.15, -0.1) is 0 Å². The van der Waals surface area contributed by atoms with Gasteiger partial charge in [-0.25, -0.2) is 9.37 Å². The maximum absolute atomic E-state index is 15.2. The number of aromatic amines is 1. The van der Waals surface area contributed by atoms with Crippen molar-refractivity contribution in [2.75, 3.05) is 0 Å². The van der Waals surface area contributed by atoms with E-state index < -0.39 is 23.2 Å². The van der Waals surface area contributed by atoms with Gasteiger partial charge in [-0.1, -0.05) is 24.6 Å². The SMILES string of the molecule is CCCC(=O)NCc1ccc(Cl)c(-c2nc(-c3ccc(C(F)(F)F)nc3)cc(=O)[nH]2)c1F. The average molecular weight is 469 g/mol. The Balaban J connectivity index is 2.00. The molecule has 1 aromatic carbocycles. The van der Waals surface area contributed by atoms with Crippen LogP contribution >= 0.6 is 11.6 Å². The first kappa shape index (κ1) is 23.4. The zero-order chi connectivity index (χ0) is 23.5. The molecule has 2 N–H and O–H groups in total. The van der Waals surface area contributed by atoms with Crippen LogP contribution in [0.4, 0.5) is 17.6 Å². The van der Waals surface area contributed by atoms with E-state index in [1.165, 1.54) is 12.1 Å². The highest BCUT2D eigenvalue weighted by Crippen LogP contribution is 2.32. The quantitative estimate of drug-likeness (QED) is 0.512. The fourth-order valence-corrected chi connectivity index (χ4v) is 3.13. The van der Waals surface area contributed by atoms with Gasteiger partial charge in [0, 0.05) is 36.4 Å². The lowest BCUT2D eigenvalue weighted by molar-refractivity contribution is -0.141. The number of benzene rings is 1. The Morgan fingerprint density at radius 3 is 2.59 bits per heavy atom. The van der Waals surface area contributed by atoms with Crippen LogP contribution in [0.5, 0.6) is 0 Å². The Morgan fingerprint density at radius 1 is 1.22 bits per heavy atom. The first-order chi connectivity index (χ1) is 15.1. The summed E-state index contributed by atoms with van der Waals surface area (Å²) >= 11 is 6.14. The highest BCUT2D eigenvalue weighted by molar-refractivity contribution is 6.33. The molecule has 6 nitrogen and oxygen atoms in total. The molecule has 0 radical (unpaired) electrons. The van der Waals surface area contributed by atoms with E-state index in [1.807, 2.05) is 6.92 Å². The minimum absolute atomic E-state index is 0.0120. The number of carbonyl (C=O) groups excluding carboxylic acids is 1. The molecular formula is C21H17ClF4N4O2. The van der Waals surface area contributed by atoms with Crippen LogP contribution in [0.25, 0.3) is 22.6 Å². The molecule has 0 fully saturated rings. The lowest BCUT2D eigenvalue weighted by Crippen LogP contribution is -2.23. The number of amides is 1. The summed E-state index contributed by atoms with van der Waals surface area (Å²) < 4.78 is 53.4. The molecule has 0 saturated carbocycles. The molecule has 0 unspecified atom stereocenters. The first-order valence-electron chi connectivity index (χ1n) is 9.49. The third kappa shape index (κ3) is 5.31. The summed E-state index contributed by atoms with van der Waals surface area (Å²) in [6.07, 6.45) is -2.77. The van der Waals surface area contributed by atoms with E-state index in [0.29, 0.717) is 12.8 Å². The van der Waals surface area contributed by atoms with Gasteiger partial charge in [0.1, 0.15) is 17.3 Å². The van der Waals surface area contributed by atoms with Crippen molar-refractivity contribution < 1.29 is 22.4 Å². The number of carbonyl (C=O) groups is 1. The molecule has 3 rings (SSSR count). The Labute approximate surface area is 184 Å². The van der Waals surface area contributed by atoms with Crippen LogP contribution in [0.3, 0.4) is 0 Å². The molecule has 11 heteroatoms. The second kappa shape index (κ2) is 9.47. The van der Waals surface area contributed by atoms with Crippen molar-refractivity contribution in [3.63, 3.8) is 0 Å². The van der Waals surface area contributed by atoms with Crippen molar-refractivity contribution in [2.24, 2.45) is 0 Å². The molecule has 2 heterocycles. The first-order valence-corrected chi connectivity index (χ1v) is 9.87. The third-order valence-corrected chi connectivity index (χ3v) is 4.77. The van der Waals surface area contributed by atoms with E-state index >= 15 is 4.39 Å². The van der Waals surface area contributed by atoms with E-state index in [-0.39, 0.29) is 45.7 Å². The van der Waals surface area contributed by atoms with Crippen molar-refractivity contribution >= 4 is 17.5 Å². The van der Waals surface area contributed by atoms with Crippen molar-refractivity contribution in [1.82, 2.24) is 20.3 Å². The Hall–Kier alpha value is -3.27. The summed E-state index contributed by atoms with van der Waals surface area (Å²) in [5.74, 6) is -1.25. The van der Waals surface area contributed by atoms with Crippen LogP contribution < -0.4 is 10.9 Å². The molecule has 168 valence electrons. The number of nitrogens with zero attached hydrogens (tertiary/aromatic N) is 2.